The van der Waals surface area contributed by atoms with Gasteiger partial charge in [0, 0.05) is 12.7 Å². The van der Waals surface area contributed by atoms with E-state index in [1.807, 2.05) is 34.6 Å². The minimum absolute atomic E-state index is 0.222. The molecule has 1 rings (SSSR count). The van der Waals surface area contributed by atoms with Crippen molar-refractivity contribution in [1.82, 2.24) is 5.32 Å². The second-order valence-corrected chi connectivity index (χ2v) is 4.19. The van der Waals surface area contributed by atoms with Gasteiger partial charge in [-0.15, -0.1) is 0 Å². The molecular weight excluding hydrogens is 234 g/mol. The van der Waals surface area contributed by atoms with Crippen LogP contribution in [0.2, 0.25) is 0 Å². The molecule has 0 bridgehead atoms. The molecule has 1 heterocycles. The summed E-state index contributed by atoms with van der Waals surface area (Å²) in [5, 5.41) is 2.92. The number of carbonyl (C=O) groups excluding carboxylic acids is 2. The number of methoxy groups -OCH3 is 1. The van der Waals surface area contributed by atoms with Gasteiger partial charge in [0.2, 0.25) is 0 Å². The Morgan fingerprint density at radius 2 is 1.94 bits per heavy atom. The van der Waals surface area contributed by atoms with Gasteiger partial charge in [-0.1, -0.05) is 13.8 Å². The number of hydrogen-bond donors (Lipinski definition) is 1. The van der Waals surface area contributed by atoms with E-state index in [0.29, 0.717) is 6.47 Å². The summed E-state index contributed by atoms with van der Waals surface area (Å²) < 4.78 is 9.04. The highest BCUT2D eigenvalue weighted by Crippen LogP contribution is 2.05. The number of hydrogen-bond acceptors (Lipinski definition) is 5. The third-order valence-corrected chi connectivity index (χ3v) is 1.66. The van der Waals surface area contributed by atoms with E-state index in [-0.39, 0.29) is 11.6 Å². The molecule has 5 heteroatoms. The van der Waals surface area contributed by atoms with E-state index in [0.717, 1.165) is 18.5 Å². The highest BCUT2D eigenvalue weighted by Gasteiger charge is 2.11. The van der Waals surface area contributed by atoms with Crippen molar-refractivity contribution in [3.05, 3.63) is 11.8 Å². The van der Waals surface area contributed by atoms with Crippen LogP contribution in [0.5, 0.6) is 0 Å². The number of carbonyl (C=O) groups is 2. The highest BCUT2D eigenvalue weighted by atomic mass is 16.5. The van der Waals surface area contributed by atoms with E-state index in [2.05, 4.69) is 14.8 Å². The molecule has 0 spiro atoms. The number of nitrogens with one attached hydrogen (secondary N) is 1. The van der Waals surface area contributed by atoms with Crippen molar-refractivity contribution >= 4 is 12.4 Å². The predicted molar refractivity (Wildman–Crippen MR) is 71.0 cm³/mol. The molecule has 5 nitrogen and oxygen atoms in total. The molecule has 18 heavy (non-hydrogen) atoms. The lowest BCUT2D eigenvalue weighted by atomic mass is 10.2. The van der Waals surface area contributed by atoms with Gasteiger partial charge in [-0.25, -0.2) is 4.79 Å². The lowest BCUT2D eigenvalue weighted by Gasteiger charge is -2.14. The monoisotopic (exact) mass is 259 g/mol. The molecule has 0 atom stereocenters. The Bertz CT molecular complexity index is 267. The Balaban J connectivity index is 0. The zero-order valence-electron chi connectivity index (χ0n) is 12.2. The molecular formula is C13H25NO4. The van der Waals surface area contributed by atoms with Crippen LogP contribution >= 0.6 is 0 Å². The van der Waals surface area contributed by atoms with E-state index in [1.165, 1.54) is 7.11 Å². The van der Waals surface area contributed by atoms with Crippen molar-refractivity contribution in [3.8, 4) is 0 Å². The van der Waals surface area contributed by atoms with E-state index in [4.69, 9.17) is 0 Å². The largest absolute Gasteiger partial charge is 0.466 e. The summed E-state index contributed by atoms with van der Waals surface area (Å²) in [5.41, 5.74) is 0.416. The number of rotatable bonds is 2. The van der Waals surface area contributed by atoms with Gasteiger partial charge in [0.15, 0.2) is 0 Å². The minimum Gasteiger partial charge on any atom is -0.466 e. The quantitative estimate of drug-likeness (QED) is 0.607. The third-order valence-electron chi connectivity index (χ3n) is 1.66. The summed E-state index contributed by atoms with van der Waals surface area (Å²) in [6.45, 7) is 10.8. The van der Waals surface area contributed by atoms with Gasteiger partial charge in [-0.05, 0) is 27.2 Å². The average molecular weight is 259 g/mol. The first kappa shape index (κ1) is 18.8. The lowest BCUT2D eigenvalue weighted by molar-refractivity contribution is -0.139. The molecule has 0 aromatic carbocycles. The molecule has 1 aliphatic heterocycles. The molecule has 1 aliphatic rings. The molecule has 0 aliphatic carbocycles. The normalized spacial score (nSPS) is 12.7. The molecule has 0 amide bonds. The molecule has 0 aromatic heterocycles. The smallest absolute Gasteiger partial charge is 0.335 e. The first-order valence-corrected chi connectivity index (χ1v) is 6.03. The first-order valence-electron chi connectivity index (χ1n) is 6.03. The Morgan fingerprint density at radius 3 is 2.17 bits per heavy atom. The summed E-state index contributed by atoms with van der Waals surface area (Å²) in [5.74, 6) is -0.222. The zero-order valence-corrected chi connectivity index (χ0v) is 12.2. The molecule has 0 saturated heterocycles. The van der Waals surface area contributed by atoms with Crippen molar-refractivity contribution < 1.29 is 19.1 Å². The van der Waals surface area contributed by atoms with Gasteiger partial charge in [-0.3, -0.25) is 4.79 Å². The van der Waals surface area contributed by atoms with Crippen LogP contribution < -0.4 is 5.32 Å². The average Bonchev–Trinajstić information content (AvgIpc) is 2.83. The zero-order chi connectivity index (χ0) is 14.6. The molecule has 0 unspecified atom stereocenters. The predicted octanol–water partition coefficient (Wildman–Crippen LogP) is 2.02. The Morgan fingerprint density at radius 1 is 1.39 bits per heavy atom. The van der Waals surface area contributed by atoms with Crippen LogP contribution in [0, 0.1) is 0 Å². The molecule has 0 aromatic rings. The van der Waals surface area contributed by atoms with Crippen LogP contribution in [-0.2, 0) is 19.1 Å². The Kier molecular flexibility index (Phi) is 11.1. The van der Waals surface area contributed by atoms with Crippen molar-refractivity contribution in [2.24, 2.45) is 0 Å². The van der Waals surface area contributed by atoms with Gasteiger partial charge < -0.3 is 14.8 Å². The fraction of sp³-hybridized carbons (Fsp3) is 0.692. The van der Waals surface area contributed by atoms with Gasteiger partial charge in [0.25, 0.3) is 6.47 Å². The van der Waals surface area contributed by atoms with Gasteiger partial charge in [-0.2, -0.15) is 0 Å². The summed E-state index contributed by atoms with van der Waals surface area (Å²) in [7, 11) is 1.39. The van der Waals surface area contributed by atoms with E-state index < -0.39 is 0 Å². The molecule has 106 valence electrons. The standard InChI is InChI=1S/C6H9NO2.C5H10O2.C2H6/c1-9-6(8)5-2-3-7-4-5;1-5(2,3)7-4-6;1-2/h4,7H,2-3H2,1H3;4H,1-3H3;1-2H3. The summed E-state index contributed by atoms with van der Waals surface area (Å²) in [4.78, 5) is 20.3. The fourth-order valence-corrected chi connectivity index (χ4v) is 0.911. The second kappa shape index (κ2) is 10.6. The molecule has 0 saturated carbocycles. The van der Waals surface area contributed by atoms with Crippen LogP contribution in [-0.4, -0.2) is 31.7 Å². The van der Waals surface area contributed by atoms with Crippen LogP contribution in [0.4, 0.5) is 0 Å². The Hall–Kier alpha value is -1.52. The Labute approximate surface area is 110 Å². The second-order valence-electron chi connectivity index (χ2n) is 4.19. The van der Waals surface area contributed by atoms with Gasteiger partial charge in [0.1, 0.15) is 5.60 Å². The van der Waals surface area contributed by atoms with Gasteiger partial charge >= 0.3 is 5.97 Å². The van der Waals surface area contributed by atoms with Crippen LogP contribution in [0.1, 0.15) is 41.0 Å². The van der Waals surface area contributed by atoms with Crippen LogP contribution in [0.15, 0.2) is 11.8 Å². The maximum Gasteiger partial charge on any atom is 0.335 e. The first-order chi connectivity index (χ1) is 8.40. The molecule has 0 fully saturated rings. The topological polar surface area (TPSA) is 64.6 Å². The fourth-order valence-electron chi connectivity index (χ4n) is 0.911. The highest BCUT2D eigenvalue weighted by molar-refractivity contribution is 5.88. The van der Waals surface area contributed by atoms with E-state index >= 15 is 0 Å². The molecule has 0 radical (unpaired) electrons. The van der Waals surface area contributed by atoms with Crippen LogP contribution in [0.25, 0.3) is 0 Å². The van der Waals surface area contributed by atoms with E-state index in [9.17, 15) is 9.59 Å². The van der Waals surface area contributed by atoms with E-state index in [1.54, 1.807) is 6.20 Å². The maximum atomic E-state index is 10.7. The van der Waals surface area contributed by atoms with Gasteiger partial charge in [0.05, 0.1) is 12.7 Å². The third kappa shape index (κ3) is 11.0. The van der Waals surface area contributed by atoms with Crippen LogP contribution in [0.3, 0.4) is 0 Å². The van der Waals surface area contributed by atoms with Crippen molar-refractivity contribution in [1.29, 1.82) is 0 Å². The van der Waals surface area contributed by atoms with Crippen molar-refractivity contribution in [2.45, 2.75) is 46.6 Å². The summed E-state index contributed by atoms with van der Waals surface area (Å²) >= 11 is 0. The van der Waals surface area contributed by atoms with Crippen molar-refractivity contribution in [3.63, 3.8) is 0 Å². The lowest BCUT2D eigenvalue weighted by Crippen LogP contribution is -2.17. The minimum atomic E-state index is -0.318. The maximum absolute atomic E-state index is 10.7. The SMILES string of the molecule is CC.CC(C)(C)OC=O.COC(=O)C1=CNCC1. The summed E-state index contributed by atoms with van der Waals surface area (Å²) in [6, 6.07) is 0. The molecule has 1 N–H and O–H groups in total. The number of ether oxygens (including phenoxy) is 2. The van der Waals surface area contributed by atoms with Crippen molar-refractivity contribution in [2.75, 3.05) is 13.7 Å². The number of esters is 1. The summed E-state index contributed by atoms with van der Waals surface area (Å²) in [6.07, 6.45) is 2.48.